The molecule has 2 aromatic carbocycles. The maximum atomic E-state index is 11.2. The van der Waals surface area contributed by atoms with Crippen LogP contribution in [0.1, 0.15) is 39.4 Å². The van der Waals surface area contributed by atoms with E-state index >= 15 is 0 Å². The summed E-state index contributed by atoms with van der Waals surface area (Å²) in [7, 11) is 0. The molecule has 136 valence electrons. The number of carbonyl (C=O) groups excluding carboxylic acids is 1. The van der Waals surface area contributed by atoms with E-state index < -0.39 is 0 Å². The van der Waals surface area contributed by atoms with E-state index in [0.717, 1.165) is 11.3 Å². The molecule has 0 unspecified atom stereocenters. The van der Waals surface area contributed by atoms with E-state index in [1.54, 1.807) is 0 Å². The Kier molecular flexibility index (Phi) is 10.0. The summed E-state index contributed by atoms with van der Waals surface area (Å²) in [4.78, 5) is 11.2. The summed E-state index contributed by atoms with van der Waals surface area (Å²) in [6.45, 7) is 8.53. The average Bonchev–Trinajstić information content (AvgIpc) is 2.71. The third kappa shape index (κ3) is 6.59. The third-order valence-corrected chi connectivity index (χ3v) is 3.40. The highest BCUT2D eigenvalue weighted by atomic mass is 16.5. The van der Waals surface area contributed by atoms with Gasteiger partial charge in [0.25, 0.3) is 0 Å². The van der Waals surface area contributed by atoms with Gasteiger partial charge in [0.15, 0.2) is 6.10 Å². The van der Waals surface area contributed by atoms with Crippen molar-refractivity contribution < 1.29 is 14.3 Å². The first-order valence-electron chi connectivity index (χ1n) is 8.98. The van der Waals surface area contributed by atoms with Crippen LogP contribution in [0.15, 0.2) is 60.7 Å². The van der Waals surface area contributed by atoms with Crippen LogP contribution >= 0.6 is 0 Å². The van der Waals surface area contributed by atoms with Gasteiger partial charge in [-0.2, -0.15) is 0 Å². The molecule has 1 fully saturated rings. The molecule has 0 bridgehead atoms. The predicted octanol–water partition coefficient (Wildman–Crippen LogP) is 4.37. The minimum absolute atomic E-state index is 0.0755. The lowest BCUT2D eigenvalue weighted by atomic mass is 10.0. The van der Waals surface area contributed by atoms with Crippen LogP contribution < -0.4 is 10.1 Å². The minimum Gasteiger partial charge on any atom is -0.483 e. The molecule has 2 atom stereocenters. The first kappa shape index (κ1) is 20.7. The summed E-state index contributed by atoms with van der Waals surface area (Å²) in [5, 5.41) is 2.82. The van der Waals surface area contributed by atoms with E-state index in [4.69, 9.17) is 9.47 Å². The highest BCUT2D eigenvalue weighted by Crippen LogP contribution is 2.27. The lowest BCUT2D eigenvalue weighted by Gasteiger charge is -2.31. The Morgan fingerprint density at radius 3 is 2.04 bits per heavy atom. The molecular weight excluding hydrogens is 314 g/mol. The number of benzene rings is 2. The molecule has 0 aliphatic carbocycles. The second-order valence-electron chi connectivity index (χ2n) is 4.92. The molecule has 4 nitrogen and oxygen atoms in total. The van der Waals surface area contributed by atoms with Crippen LogP contribution in [0.4, 0.5) is 0 Å². The van der Waals surface area contributed by atoms with Gasteiger partial charge in [0.2, 0.25) is 5.91 Å². The van der Waals surface area contributed by atoms with Crippen molar-refractivity contribution in [3.05, 3.63) is 66.2 Å². The number of ether oxygens (including phenoxy) is 2. The number of hydrogen-bond donors (Lipinski definition) is 1. The molecule has 0 spiro atoms. The number of nitrogens with one attached hydrogen (secondary N) is 1. The van der Waals surface area contributed by atoms with Crippen molar-refractivity contribution in [1.29, 1.82) is 0 Å². The lowest BCUT2D eigenvalue weighted by molar-refractivity contribution is -0.137. The molecule has 1 aliphatic heterocycles. The first-order chi connectivity index (χ1) is 12.3. The maximum absolute atomic E-state index is 11.2. The van der Waals surface area contributed by atoms with Gasteiger partial charge in [-0.3, -0.25) is 4.79 Å². The summed E-state index contributed by atoms with van der Waals surface area (Å²) < 4.78 is 11.7. The second-order valence-corrected chi connectivity index (χ2v) is 4.92. The monoisotopic (exact) mass is 343 g/mol. The average molecular weight is 343 g/mol. The second kappa shape index (κ2) is 12.1. The highest BCUT2D eigenvalue weighted by Gasteiger charge is 2.30. The zero-order valence-electron chi connectivity index (χ0n) is 15.6. The summed E-state index contributed by atoms with van der Waals surface area (Å²) in [6, 6.07) is 19.6. The SMILES string of the molecule is CC.CC.O=C1CO[C@H]([C@@H](Oc2ccccc2)c2ccccc2)CN1. The van der Waals surface area contributed by atoms with Crippen LogP contribution in [-0.2, 0) is 9.53 Å². The Bertz CT molecular complexity index is 577. The number of para-hydroxylation sites is 1. The van der Waals surface area contributed by atoms with Crippen molar-refractivity contribution in [3.8, 4) is 5.75 Å². The van der Waals surface area contributed by atoms with E-state index in [2.05, 4.69) is 5.32 Å². The maximum Gasteiger partial charge on any atom is 0.246 e. The Balaban J connectivity index is 0.000000730. The zero-order valence-corrected chi connectivity index (χ0v) is 15.6. The van der Waals surface area contributed by atoms with Crippen LogP contribution in [0.25, 0.3) is 0 Å². The number of rotatable bonds is 4. The molecule has 1 heterocycles. The third-order valence-electron chi connectivity index (χ3n) is 3.40. The van der Waals surface area contributed by atoms with Crippen molar-refractivity contribution in [2.45, 2.75) is 39.9 Å². The number of hydrogen-bond acceptors (Lipinski definition) is 3. The Morgan fingerprint density at radius 1 is 0.960 bits per heavy atom. The fourth-order valence-corrected chi connectivity index (χ4v) is 2.35. The van der Waals surface area contributed by atoms with Crippen LogP contribution in [0, 0.1) is 0 Å². The van der Waals surface area contributed by atoms with Crippen LogP contribution in [0.5, 0.6) is 5.75 Å². The van der Waals surface area contributed by atoms with Crippen molar-refractivity contribution >= 4 is 5.91 Å². The molecule has 1 saturated heterocycles. The van der Waals surface area contributed by atoms with Crippen LogP contribution in [-0.4, -0.2) is 25.2 Å². The van der Waals surface area contributed by atoms with Gasteiger partial charge >= 0.3 is 0 Å². The highest BCUT2D eigenvalue weighted by molar-refractivity contribution is 5.77. The number of carbonyl (C=O) groups is 1. The van der Waals surface area contributed by atoms with Gasteiger partial charge in [0, 0.05) is 6.54 Å². The molecule has 25 heavy (non-hydrogen) atoms. The molecule has 0 aromatic heterocycles. The van der Waals surface area contributed by atoms with E-state index in [9.17, 15) is 4.79 Å². The van der Waals surface area contributed by atoms with E-state index in [0.29, 0.717) is 6.54 Å². The van der Waals surface area contributed by atoms with E-state index in [-0.39, 0.29) is 24.7 Å². The zero-order chi connectivity index (χ0) is 18.5. The molecular formula is C21H29NO3. The smallest absolute Gasteiger partial charge is 0.246 e. The van der Waals surface area contributed by atoms with Crippen LogP contribution in [0.2, 0.25) is 0 Å². The van der Waals surface area contributed by atoms with Gasteiger partial charge in [-0.1, -0.05) is 76.2 Å². The largest absolute Gasteiger partial charge is 0.483 e. The Labute approximate surface area is 151 Å². The fraction of sp³-hybridized carbons (Fsp3) is 0.381. The van der Waals surface area contributed by atoms with Crippen molar-refractivity contribution in [2.24, 2.45) is 0 Å². The van der Waals surface area contributed by atoms with Gasteiger partial charge < -0.3 is 14.8 Å². The molecule has 3 rings (SSSR count). The molecule has 1 aliphatic rings. The van der Waals surface area contributed by atoms with E-state index in [1.165, 1.54) is 0 Å². The molecule has 4 heteroatoms. The van der Waals surface area contributed by atoms with Crippen LogP contribution in [0.3, 0.4) is 0 Å². The summed E-state index contributed by atoms with van der Waals surface area (Å²) >= 11 is 0. The summed E-state index contributed by atoms with van der Waals surface area (Å²) in [5.74, 6) is 0.699. The molecule has 1 N–H and O–H groups in total. The normalized spacial score (nSPS) is 17.0. The predicted molar refractivity (Wildman–Crippen MR) is 102 cm³/mol. The van der Waals surface area contributed by atoms with Gasteiger partial charge in [-0.25, -0.2) is 0 Å². The van der Waals surface area contributed by atoms with Gasteiger partial charge in [0.1, 0.15) is 18.5 Å². The quantitative estimate of drug-likeness (QED) is 0.896. The molecule has 1 amide bonds. The fourth-order valence-electron chi connectivity index (χ4n) is 2.35. The van der Waals surface area contributed by atoms with Gasteiger partial charge in [-0.05, 0) is 17.7 Å². The van der Waals surface area contributed by atoms with E-state index in [1.807, 2.05) is 88.4 Å². The summed E-state index contributed by atoms with van der Waals surface area (Å²) in [6.07, 6.45) is -0.459. The van der Waals surface area contributed by atoms with Gasteiger partial charge in [0.05, 0.1) is 0 Å². The lowest BCUT2D eigenvalue weighted by Crippen LogP contribution is -2.46. The van der Waals surface area contributed by atoms with Gasteiger partial charge in [-0.15, -0.1) is 0 Å². The van der Waals surface area contributed by atoms with Crippen molar-refractivity contribution in [2.75, 3.05) is 13.2 Å². The Hall–Kier alpha value is -2.33. The number of amides is 1. The summed E-state index contributed by atoms with van der Waals surface area (Å²) in [5.41, 5.74) is 1.03. The number of morpholine rings is 1. The topological polar surface area (TPSA) is 47.6 Å². The van der Waals surface area contributed by atoms with Crippen molar-refractivity contribution in [1.82, 2.24) is 5.32 Å². The first-order valence-corrected chi connectivity index (χ1v) is 8.98. The minimum atomic E-state index is -0.255. The molecule has 2 aromatic rings. The standard InChI is InChI=1S/C17H17NO3.2C2H6/c19-16-12-20-15(11-18-16)17(13-7-3-1-4-8-13)21-14-9-5-2-6-10-14;2*1-2/h1-10,15,17H,11-12H2,(H,18,19);2*1-2H3/t15-,17-;;/m0../s1. The molecule has 0 radical (unpaired) electrons. The Morgan fingerprint density at radius 2 is 1.52 bits per heavy atom. The molecule has 0 saturated carbocycles. The van der Waals surface area contributed by atoms with Crippen molar-refractivity contribution in [3.63, 3.8) is 0 Å².